The van der Waals surface area contributed by atoms with Gasteiger partial charge in [-0.25, -0.2) is 4.79 Å². The van der Waals surface area contributed by atoms with E-state index in [0.717, 1.165) is 0 Å². The van der Waals surface area contributed by atoms with Crippen LogP contribution in [-0.2, 0) is 28.8 Å². The summed E-state index contributed by atoms with van der Waals surface area (Å²) >= 11 is 0. The monoisotopic (exact) mass is 573 g/mol. The van der Waals surface area contributed by atoms with Gasteiger partial charge in [-0.15, -0.1) is 0 Å². The standard InChI is InChI=1S/C26H47N5O9/c1-13(2)9-16(27)22(35)28-17(7-8-21(33)34)23(36)31-20(12-32)25(38)29-18(10-14(3)4)24(37)30-19(26(39)40)11-15(5)6/h13-20,32H,7-12,27H2,1-6H3,(H,28,35)(H,29,38)(H,30,37)(H,31,36)(H,33,34)(H,39,40)/t16-,17-,18-,19-,20-/m0/s1. The highest BCUT2D eigenvalue weighted by molar-refractivity contribution is 5.95. The Kier molecular flexibility index (Phi) is 16.7. The Morgan fingerprint density at radius 2 is 1.00 bits per heavy atom. The third kappa shape index (κ3) is 14.8. The zero-order valence-electron chi connectivity index (χ0n) is 24.2. The number of hydrogen-bond acceptors (Lipinski definition) is 8. The quantitative estimate of drug-likeness (QED) is 0.0970. The van der Waals surface area contributed by atoms with Crippen molar-refractivity contribution in [3.05, 3.63) is 0 Å². The molecule has 40 heavy (non-hydrogen) atoms. The molecule has 230 valence electrons. The second-order valence-electron chi connectivity index (χ2n) is 11.2. The fourth-order valence-electron chi connectivity index (χ4n) is 3.84. The molecular formula is C26H47N5O9. The molecule has 0 aliphatic carbocycles. The molecule has 14 heteroatoms. The van der Waals surface area contributed by atoms with Crippen molar-refractivity contribution in [3.63, 3.8) is 0 Å². The lowest BCUT2D eigenvalue weighted by atomic mass is 10.00. The lowest BCUT2D eigenvalue weighted by Gasteiger charge is -2.26. The van der Waals surface area contributed by atoms with Crippen LogP contribution in [0.25, 0.3) is 0 Å². The Balaban J connectivity index is 5.64. The second kappa shape index (κ2) is 18.2. The van der Waals surface area contributed by atoms with Crippen LogP contribution < -0.4 is 27.0 Å². The summed E-state index contributed by atoms with van der Waals surface area (Å²) in [6, 6.07) is -6.19. The first-order valence-electron chi connectivity index (χ1n) is 13.5. The van der Waals surface area contributed by atoms with Gasteiger partial charge in [-0.05, 0) is 43.4 Å². The number of carbonyl (C=O) groups is 6. The minimum absolute atomic E-state index is 0.0250. The van der Waals surface area contributed by atoms with E-state index in [1.807, 2.05) is 13.8 Å². The maximum atomic E-state index is 13.0. The summed E-state index contributed by atoms with van der Waals surface area (Å²) in [6.45, 7) is 10.0. The van der Waals surface area contributed by atoms with Crippen LogP contribution in [0.15, 0.2) is 0 Å². The summed E-state index contributed by atoms with van der Waals surface area (Å²) < 4.78 is 0. The zero-order chi connectivity index (χ0) is 31.2. The smallest absolute Gasteiger partial charge is 0.326 e. The summed E-state index contributed by atoms with van der Waals surface area (Å²) in [5, 5.41) is 37.9. The van der Waals surface area contributed by atoms with Gasteiger partial charge in [0, 0.05) is 6.42 Å². The van der Waals surface area contributed by atoms with Crippen molar-refractivity contribution in [2.75, 3.05) is 6.61 Å². The van der Waals surface area contributed by atoms with Crippen LogP contribution in [0.5, 0.6) is 0 Å². The Morgan fingerprint density at radius 1 is 0.600 bits per heavy atom. The van der Waals surface area contributed by atoms with Crippen LogP contribution >= 0.6 is 0 Å². The van der Waals surface area contributed by atoms with Crippen molar-refractivity contribution in [1.29, 1.82) is 0 Å². The van der Waals surface area contributed by atoms with Gasteiger partial charge in [0.05, 0.1) is 12.6 Å². The van der Waals surface area contributed by atoms with Crippen molar-refractivity contribution in [2.45, 2.75) is 104 Å². The first kappa shape index (κ1) is 36.7. The number of nitrogens with one attached hydrogen (secondary N) is 4. The molecule has 14 nitrogen and oxygen atoms in total. The number of aliphatic carboxylic acids is 2. The van der Waals surface area contributed by atoms with Crippen LogP contribution in [0.2, 0.25) is 0 Å². The fourth-order valence-corrected chi connectivity index (χ4v) is 3.84. The van der Waals surface area contributed by atoms with Crippen LogP contribution in [-0.4, -0.2) is 87.7 Å². The molecule has 0 fully saturated rings. The molecule has 0 aromatic rings. The first-order valence-corrected chi connectivity index (χ1v) is 13.5. The van der Waals surface area contributed by atoms with Gasteiger partial charge >= 0.3 is 11.9 Å². The number of carboxylic acids is 2. The number of aliphatic hydroxyl groups is 1. The molecule has 0 aliphatic rings. The highest BCUT2D eigenvalue weighted by atomic mass is 16.4. The first-order chi connectivity index (χ1) is 18.5. The minimum atomic E-state index is -1.55. The Labute approximate surface area is 235 Å². The topological polar surface area (TPSA) is 237 Å². The maximum Gasteiger partial charge on any atom is 0.326 e. The van der Waals surface area contributed by atoms with Crippen LogP contribution in [0.3, 0.4) is 0 Å². The van der Waals surface area contributed by atoms with E-state index >= 15 is 0 Å². The second-order valence-corrected chi connectivity index (χ2v) is 11.2. The lowest BCUT2D eigenvalue weighted by molar-refractivity contribution is -0.143. The zero-order valence-corrected chi connectivity index (χ0v) is 24.2. The van der Waals surface area contributed by atoms with Gasteiger partial charge in [0.2, 0.25) is 23.6 Å². The molecule has 5 atom stereocenters. The van der Waals surface area contributed by atoms with E-state index in [4.69, 9.17) is 10.8 Å². The molecule has 0 bridgehead atoms. The maximum absolute atomic E-state index is 13.0. The third-order valence-corrected chi connectivity index (χ3v) is 5.82. The van der Waals surface area contributed by atoms with E-state index in [-0.39, 0.29) is 37.0 Å². The summed E-state index contributed by atoms with van der Waals surface area (Å²) in [6.07, 6.45) is -0.136. The average molecular weight is 574 g/mol. The molecule has 0 aromatic carbocycles. The van der Waals surface area contributed by atoms with E-state index < -0.39 is 78.8 Å². The van der Waals surface area contributed by atoms with Crippen LogP contribution in [0.4, 0.5) is 0 Å². The van der Waals surface area contributed by atoms with Gasteiger partial charge in [-0.1, -0.05) is 41.5 Å². The summed E-state index contributed by atoms with van der Waals surface area (Å²) in [5.74, 6) is -5.71. The predicted octanol–water partition coefficient (Wildman–Crippen LogP) is -0.667. The van der Waals surface area contributed by atoms with E-state index in [1.165, 1.54) is 0 Å². The van der Waals surface area contributed by atoms with Gasteiger partial charge in [0.1, 0.15) is 24.2 Å². The molecule has 0 rings (SSSR count). The molecule has 0 heterocycles. The van der Waals surface area contributed by atoms with Crippen molar-refractivity contribution >= 4 is 35.6 Å². The van der Waals surface area contributed by atoms with Crippen LogP contribution in [0.1, 0.15) is 73.6 Å². The number of nitrogens with two attached hydrogens (primary N) is 1. The van der Waals surface area contributed by atoms with E-state index in [2.05, 4.69) is 21.3 Å². The number of aliphatic hydroxyl groups excluding tert-OH is 1. The molecule has 4 amide bonds. The molecule has 0 radical (unpaired) electrons. The lowest BCUT2D eigenvalue weighted by Crippen LogP contribution is -2.59. The highest BCUT2D eigenvalue weighted by Gasteiger charge is 2.32. The van der Waals surface area contributed by atoms with Crippen molar-refractivity contribution in [1.82, 2.24) is 21.3 Å². The van der Waals surface area contributed by atoms with Crippen molar-refractivity contribution < 1.29 is 44.1 Å². The van der Waals surface area contributed by atoms with E-state index in [0.29, 0.717) is 6.42 Å². The van der Waals surface area contributed by atoms with Crippen LogP contribution in [0, 0.1) is 17.8 Å². The van der Waals surface area contributed by atoms with Crippen molar-refractivity contribution in [3.8, 4) is 0 Å². The van der Waals surface area contributed by atoms with Gasteiger partial charge in [0.25, 0.3) is 0 Å². The molecule has 0 aromatic heterocycles. The molecule has 0 saturated heterocycles. The molecule has 0 aliphatic heterocycles. The molecule has 9 N–H and O–H groups in total. The Morgan fingerprint density at radius 3 is 1.45 bits per heavy atom. The number of rotatable bonds is 19. The Bertz CT molecular complexity index is 879. The van der Waals surface area contributed by atoms with Crippen molar-refractivity contribution in [2.24, 2.45) is 23.5 Å². The SMILES string of the molecule is CC(C)C[C@H](NC(=O)[C@H](CC(C)C)NC(=O)[C@H](CO)NC(=O)[C@H](CCC(=O)O)NC(=O)[C@@H](N)CC(C)C)C(=O)O. The number of carboxylic acid groups (broad SMARTS) is 2. The molecule has 0 saturated carbocycles. The number of hydrogen-bond donors (Lipinski definition) is 8. The van der Waals surface area contributed by atoms with E-state index in [1.54, 1.807) is 27.7 Å². The van der Waals surface area contributed by atoms with Gasteiger partial charge in [0.15, 0.2) is 0 Å². The highest BCUT2D eigenvalue weighted by Crippen LogP contribution is 2.10. The molecule has 0 unspecified atom stereocenters. The van der Waals surface area contributed by atoms with Gasteiger partial charge in [-0.3, -0.25) is 24.0 Å². The summed E-state index contributed by atoms with van der Waals surface area (Å²) in [5.41, 5.74) is 5.86. The summed E-state index contributed by atoms with van der Waals surface area (Å²) in [7, 11) is 0. The Hall–Kier alpha value is -3.26. The average Bonchev–Trinajstić information content (AvgIpc) is 2.82. The number of carbonyl (C=O) groups excluding carboxylic acids is 4. The number of amides is 4. The van der Waals surface area contributed by atoms with E-state index in [9.17, 15) is 39.0 Å². The molecule has 0 spiro atoms. The minimum Gasteiger partial charge on any atom is -0.481 e. The largest absolute Gasteiger partial charge is 0.481 e. The fraction of sp³-hybridized carbons (Fsp3) is 0.769. The molecular weight excluding hydrogens is 526 g/mol. The summed E-state index contributed by atoms with van der Waals surface area (Å²) in [4.78, 5) is 73.9. The van der Waals surface area contributed by atoms with Gasteiger partial charge < -0.3 is 42.3 Å². The van der Waals surface area contributed by atoms with Gasteiger partial charge in [-0.2, -0.15) is 0 Å². The normalized spacial score (nSPS) is 15.1. The predicted molar refractivity (Wildman–Crippen MR) is 146 cm³/mol. The third-order valence-electron chi connectivity index (χ3n) is 5.82.